The molecule has 8 nitrogen and oxygen atoms in total. The second-order valence-corrected chi connectivity index (χ2v) is 5.07. The topological polar surface area (TPSA) is 104 Å². The molecule has 0 unspecified atom stereocenters. The molecule has 0 N–H and O–H groups in total. The Bertz CT molecular complexity index is 917. The molecule has 1 aromatic carbocycles. The van der Waals surface area contributed by atoms with Crippen LogP contribution in [0.5, 0.6) is 0 Å². The van der Waals surface area contributed by atoms with Crippen LogP contribution in [0.4, 0.5) is 5.69 Å². The fourth-order valence-corrected chi connectivity index (χ4v) is 2.06. The molecule has 0 aliphatic carbocycles. The number of hydrogen-bond donors (Lipinski definition) is 0. The van der Waals surface area contributed by atoms with E-state index in [9.17, 15) is 14.9 Å². The van der Waals surface area contributed by atoms with Gasteiger partial charge in [-0.1, -0.05) is 11.6 Å². The summed E-state index contributed by atoms with van der Waals surface area (Å²) in [5.41, 5.74) is -0.456. The van der Waals surface area contributed by atoms with Gasteiger partial charge in [-0.25, -0.2) is 0 Å². The number of nitrogens with zero attached hydrogens (tertiary/aromatic N) is 4. The Morgan fingerprint density at radius 1 is 1.22 bits per heavy atom. The maximum Gasteiger partial charge on any atom is 0.332 e. The monoisotopic (exact) mass is 332 g/mol. The first-order valence-corrected chi connectivity index (χ1v) is 6.83. The minimum Gasteiger partial charge on any atom is -0.419 e. The van der Waals surface area contributed by atoms with Crippen molar-refractivity contribution >= 4 is 17.3 Å². The minimum absolute atomic E-state index is 0.113. The minimum atomic E-state index is -0.730. The van der Waals surface area contributed by atoms with E-state index in [4.69, 9.17) is 16.0 Å². The van der Waals surface area contributed by atoms with E-state index >= 15 is 0 Å². The van der Waals surface area contributed by atoms with Crippen molar-refractivity contribution in [3.63, 3.8) is 0 Å². The molecule has 116 valence electrons. The third kappa shape index (κ3) is 3.27. The van der Waals surface area contributed by atoms with Gasteiger partial charge in [-0.3, -0.25) is 14.9 Å². The number of hydrogen-bond acceptors (Lipinski definition) is 6. The van der Waals surface area contributed by atoms with Gasteiger partial charge in [0.2, 0.25) is 11.8 Å². The van der Waals surface area contributed by atoms with Gasteiger partial charge in [-0.2, -0.15) is 0 Å². The summed E-state index contributed by atoms with van der Waals surface area (Å²) in [4.78, 5) is 21.4. The van der Waals surface area contributed by atoms with Gasteiger partial charge in [0.25, 0.3) is 5.43 Å². The molecule has 0 aliphatic rings. The van der Waals surface area contributed by atoms with E-state index in [0.717, 1.165) is 12.3 Å². The van der Waals surface area contributed by atoms with Crippen LogP contribution in [0.3, 0.4) is 0 Å². The van der Waals surface area contributed by atoms with Crippen LogP contribution in [0, 0.1) is 10.1 Å². The molecule has 0 radical (unpaired) electrons. The van der Waals surface area contributed by atoms with E-state index in [1.807, 2.05) is 0 Å². The lowest BCUT2D eigenvalue weighted by Crippen LogP contribution is -2.11. The zero-order valence-corrected chi connectivity index (χ0v) is 12.3. The third-order valence-electron chi connectivity index (χ3n) is 3.03. The lowest BCUT2D eigenvalue weighted by molar-refractivity contribution is -0.386. The number of pyridine rings is 1. The van der Waals surface area contributed by atoms with E-state index in [2.05, 4.69) is 10.2 Å². The van der Waals surface area contributed by atoms with Crippen molar-refractivity contribution in [3.05, 3.63) is 74.0 Å². The summed E-state index contributed by atoms with van der Waals surface area (Å²) in [6.45, 7) is 0.113. The average molecular weight is 333 g/mol. The zero-order chi connectivity index (χ0) is 16.4. The Hall–Kier alpha value is -3.00. The highest BCUT2D eigenvalue weighted by Crippen LogP contribution is 2.20. The van der Waals surface area contributed by atoms with Crippen LogP contribution in [0.15, 0.2) is 51.9 Å². The molecule has 0 saturated carbocycles. The van der Waals surface area contributed by atoms with Crippen LogP contribution in [0.1, 0.15) is 5.89 Å². The second-order valence-electron chi connectivity index (χ2n) is 4.63. The quantitative estimate of drug-likeness (QED) is 0.537. The summed E-state index contributed by atoms with van der Waals surface area (Å²) in [7, 11) is 0. The van der Waals surface area contributed by atoms with Gasteiger partial charge < -0.3 is 8.98 Å². The van der Waals surface area contributed by atoms with Crippen LogP contribution in [-0.4, -0.2) is 19.7 Å². The normalized spacial score (nSPS) is 10.7. The zero-order valence-electron chi connectivity index (χ0n) is 11.5. The maximum atomic E-state index is 11.4. The molecule has 0 aliphatic heterocycles. The Labute approximate surface area is 134 Å². The van der Waals surface area contributed by atoms with E-state index in [0.29, 0.717) is 16.5 Å². The summed E-state index contributed by atoms with van der Waals surface area (Å²) in [6.07, 6.45) is 2.55. The molecule has 3 rings (SSSR count). The molecule has 23 heavy (non-hydrogen) atoms. The number of benzene rings is 1. The Kier molecular flexibility index (Phi) is 3.90. The highest BCUT2D eigenvalue weighted by molar-refractivity contribution is 6.30. The Morgan fingerprint density at radius 2 is 1.96 bits per heavy atom. The van der Waals surface area contributed by atoms with E-state index < -0.39 is 16.0 Å². The first kappa shape index (κ1) is 14.9. The van der Waals surface area contributed by atoms with Gasteiger partial charge in [-0.05, 0) is 24.3 Å². The predicted molar refractivity (Wildman–Crippen MR) is 81.2 cm³/mol. The van der Waals surface area contributed by atoms with Gasteiger partial charge in [-0.15, -0.1) is 10.2 Å². The van der Waals surface area contributed by atoms with Crippen molar-refractivity contribution in [1.82, 2.24) is 14.8 Å². The molecule has 0 bridgehead atoms. The molecule has 0 atom stereocenters. The highest BCUT2D eigenvalue weighted by atomic mass is 35.5. The van der Waals surface area contributed by atoms with Crippen LogP contribution < -0.4 is 5.43 Å². The SMILES string of the molecule is O=c1ccn(Cc2nnc(-c3ccc(Cl)cc3)o2)cc1[N+](=O)[O-]. The maximum absolute atomic E-state index is 11.4. The molecular weight excluding hydrogens is 324 g/mol. The number of aromatic nitrogens is 3. The summed E-state index contributed by atoms with van der Waals surface area (Å²) in [5.74, 6) is 0.570. The van der Waals surface area contributed by atoms with Gasteiger partial charge in [0, 0.05) is 22.8 Å². The smallest absolute Gasteiger partial charge is 0.332 e. The third-order valence-corrected chi connectivity index (χ3v) is 3.28. The first-order chi connectivity index (χ1) is 11.0. The number of halogens is 1. The summed E-state index contributed by atoms with van der Waals surface area (Å²) < 4.78 is 6.94. The van der Waals surface area contributed by atoms with Gasteiger partial charge in [0.05, 0.1) is 11.1 Å². The lowest BCUT2D eigenvalue weighted by Gasteiger charge is -2.01. The molecule has 0 amide bonds. The van der Waals surface area contributed by atoms with E-state index in [1.54, 1.807) is 24.3 Å². The Balaban J connectivity index is 1.84. The van der Waals surface area contributed by atoms with Crippen LogP contribution >= 0.6 is 11.6 Å². The molecule has 9 heteroatoms. The van der Waals surface area contributed by atoms with Crippen molar-refractivity contribution in [1.29, 1.82) is 0 Å². The summed E-state index contributed by atoms with van der Waals surface area (Å²) in [5, 5.41) is 19.2. The second kappa shape index (κ2) is 6.01. The van der Waals surface area contributed by atoms with Gasteiger partial charge in [0.15, 0.2) is 0 Å². The molecule has 2 aromatic heterocycles. The molecule has 2 heterocycles. The average Bonchev–Trinajstić information content (AvgIpc) is 2.98. The van der Waals surface area contributed by atoms with Crippen LogP contribution in [0.25, 0.3) is 11.5 Å². The van der Waals surface area contributed by atoms with Crippen molar-refractivity contribution in [2.24, 2.45) is 0 Å². The number of nitro groups is 1. The fraction of sp³-hybridized carbons (Fsp3) is 0.0714. The first-order valence-electron chi connectivity index (χ1n) is 6.46. The summed E-state index contributed by atoms with van der Waals surface area (Å²) >= 11 is 5.81. The van der Waals surface area contributed by atoms with Crippen molar-refractivity contribution < 1.29 is 9.34 Å². The van der Waals surface area contributed by atoms with Gasteiger partial charge >= 0.3 is 5.69 Å². The van der Waals surface area contributed by atoms with Crippen LogP contribution in [0.2, 0.25) is 5.02 Å². The highest BCUT2D eigenvalue weighted by Gasteiger charge is 2.14. The molecule has 0 fully saturated rings. The Morgan fingerprint density at radius 3 is 2.65 bits per heavy atom. The molecule has 3 aromatic rings. The van der Waals surface area contributed by atoms with E-state index in [1.165, 1.54) is 10.8 Å². The van der Waals surface area contributed by atoms with E-state index in [-0.39, 0.29) is 12.4 Å². The summed E-state index contributed by atoms with van der Waals surface area (Å²) in [6, 6.07) is 8.00. The predicted octanol–water partition coefficient (Wildman–Crippen LogP) is 2.51. The molecule has 0 saturated heterocycles. The number of rotatable bonds is 4. The molecule has 0 spiro atoms. The lowest BCUT2D eigenvalue weighted by atomic mass is 10.2. The standard InChI is InChI=1S/C14H9ClN4O4/c15-10-3-1-9(2-4-10)14-17-16-13(23-14)8-18-6-5-12(20)11(7-18)19(21)22/h1-7H,8H2. The largest absolute Gasteiger partial charge is 0.419 e. The van der Waals surface area contributed by atoms with Crippen molar-refractivity contribution in [2.45, 2.75) is 6.54 Å². The van der Waals surface area contributed by atoms with Gasteiger partial charge in [0.1, 0.15) is 6.54 Å². The van der Waals surface area contributed by atoms with Crippen molar-refractivity contribution in [2.75, 3.05) is 0 Å². The fourth-order valence-electron chi connectivity index (χ4n) is 1.93. The van der Waals surface area contributed by atoms with Crippen LogP contribution in [-0.2, 0) is 6.54 Å². The molecular formula is C14H9ClN4O4. The van der Waals surface area contributed by atoms with Crippen molar-refractivity contribution in [3.8, 4) is 11.5 Å².